The van der Waals surface area contributed by atoms with Gasteiger partial charge < -0.3 is 4.55 Å². The molecule has 1 N–H and O–H groups in total. The van der Waals surface area contributed by atoms with E-state index in [9.17, 15) is 4.21 Å². The zero-order valence-corrected chi connectivity index (χ0v) is 7.06. The number of hydrogen-bond donors (Lipinski definition) is 1. The van der Waals surface area contributed by atoms with Crippen molar-refractivity contribution in [2.24, 2.45) is 11.8 Å². The molecule has 60 valence electrons. The van der Waals surface area contributed by atoms with Crippen LogP contribution in [0.4, 0.5) is 0 Å². The maximum atomic E-state index is 10.3. The topological polar surface area (TPSA) is 37.3 Å². The van der Waals surface area contributed by atoms with Gasteiger partial charge in [-0.1, -0.05) is 19.8 Å². The highest BCUT2D eigenvalue weighted by molar-refractivity contribution is 7.79. The lowest BCUT2D eigenvalue weighted by molar-refractivity contribution is 0.510. The fourth-order valence-corrected chi connectivity index (χ4v) is 1.86. The molecule has 0 bridgehead atoms. The van der Waals surface area contributed by atoms with Gasteiger partial charge in [-0.3, -0.25) is 0 Å². The molecule has 2 unspecified atom stereocenters. The summed E-state index contributed by atoms with van der Waals surface area (Å²) in [5.74, 6) is 1.76. The van der Waals surface area contributed by atoms with Crippen LogP contribution in [0.15, 0.2) is 0 Å². The molecule has 0 aliphatic heterocycles. The molecular weight excluding hydrogens is 148 g/mol. The highest BCUT2D eigenvalue weighted by atomic mass is 32.2. The Morgan fingerprint density at radius 2 is 2.30 bits per heavy atom. The van der Waals surface area contributed by atoms with Gasteiger partial charge in [0, 0.05) is 0 Å². The predicted octanol–water partition coefficient (Wildman–Crippen LogP) is 1.64. The second kappa shape index (κ2) is 3.49. The van der Waals surface area contributed by atoms with Crippen molar-refractivity contribution in [1.82, 2.24) is 0 Å². The lowest BCUT2D eigenvalue weighted by Gasteiger charge is -2.05. The third-order valence-corrected chi connectivity index (χ3v) is 2.71. The standard InChI is InChI=1S/C7H14O2S/c1-6(5-10(8)9)4-7-2-3-7/h6-7H,2-5H2,1H3,(H,8,9). The van der Waals surface area contributed by atoms with E-state index in [1.807, 2.05) is 6.92 Å². The molecule has 1 saturated carbocycles. The second-order valence-corrected chi connectivity index (χ2v) is 4.25. The van der Waals surface area contributed by atoms with Crippen molar-refractivity contribution in [1.29, 1.82) is 0 Å². The smallest absolute Gasteiger partial charge is 0.153 e. The zero-order chi connectivity index (χ0) is 7.56. The normalized spacial score (nSPS) is 24.2. The monoisotopic (exact) mass is 162 g/mol. The molecule has 1 aliphatic rings. The van der Waals surface area contributed by atoms with E-state index in [-0.39, 0.29) is 0 Å². The van der Waals surface area contributed by atoms with Crippen LogP contribution < -0.4 is 0 Å². The zero-order valence-electron chi connectivity index (χ0n) is 6.25. The molecule has 0 amide bonds. The molecule has 0 heterocycles. The van der Waals surface area contributed by atoms with Gasteiger partial charge >= 0.3 is 0 Å². The summed E-state index contributed by atoms with van der Waals surface area (Å²) in [6, 6.07) is 0. The molecule has 2 nitrogen and oxygen atoms in total. The van der Waals surface area contributed by atoms with E-state index in [2.05, 4.69) is 0 Å². The molecule has 0 radical (unpaired) electrons. The second-order valence-electron chi connectivity index (χ2n) is 3.27. The van der Waals surface area contributed by atoms with Gasteiger partial charge in [0.15, 0.2) is 11.1 Å². The van der Waals surface area contributed by atoms with Gasteiger partial charge in [0.05, 0.1) is 5.75 Å². The van der Waals surface area contributed by atoms with E-state index in [0.29, 0.717) is 11.7 Å². The molecule has 1 rings (SSSR count). The first-order valence-corrected chi connectivity index (χ1v) is 5.03. The highest BCUT2D eigenvalue weighted by Crippen LogP contribution is 2.35. The molecule has 0 saturated heterocycles. The van der Waals surface area contributed by atoms with Crippen LogP contribution in [0.1, 0.15) is 26.2 Å². The van der Waals surface area contributed by atoms with E-state index in [4.69, 9.17) is 4.55 Å². The van der Waals surface area contributed by atoms with Crippen molar-refractivity contribution in [3.8, 4) is 0 Å². The van der Waals surface area contributed by atoms with E-state index in [0.717, 1.165) is 12.3 Å². The summed E-state index contributed by atoms with van der Waals surface area (Å²) in [6.45, 7) is 2.05. The van der Waals surface area contributed by atoms with Crippen LogP contribution in [0.3, 0.4) is 0 Å². The van der Waals surface area contributed by atoms with Gasteiger partial charge in [-0.15, -0.1) is 0 Å². The number of rotatable bonds is 4. The van der Waals surface area contributed by atoms with Crippen LogP contribution in [0.2, 0.25) is 0 Å². The Labute approximate surface area is 64.3 Å². The minimum absolute atomic E-state index is 0.429. The molecule has 1 fully saturated rings. The van der Waals surface area contributed by atoms with Gasteiger partial charge in [-0.05, 0) is 18.3 Å². The molecule has 0 aromatic carbocycles. The van der Waals surface area contributed by atoms with Gasteiger partial charge in [-0.25, -0.2) is 4.21 Å². The molecule has 3 heteroatoms. The SMILES string of the molecule is CC(CC1CC1)CS(=O)O. The highest BCUT2D eigenvalue weighted by Gasteiger charge is 2.23. The lowest BCUT2D eigenvalue weighted by atomic mass is 10.1. The van der Waals surface area contributed by atoms with E-state index < -0.39 is 11.1 Å². The van der Waals surface area contributed by atoms with Crippen molar-refractivity contribution in [2.75, 3.05) is 5.75 Å². The quantitative estimate of drug-likeness (QED) is 0.638. The van der Waals surface area contributed by atoms with Crippen LogP contribution >= 0.6 is 0 Å². The molecule has 1 aliphatic carbocycles. The van der Waals surface area contributed by atoms with E-state index in [1.54, 1.807) is 0 Å². The van der Waals surface area contributed by atoms with Crippen molar-refractivity contribution in [2.45, 2.75) is 26.2 Å². The lowest BCUT2D eigenvalue weighted by Crippen LogP contribution is -2.07. The van der Waals surface area contributed by atoms with Crippen LogP contribution in [0, 0.1) is 11.8 Å². The summed E-state index contributed by atoms with van der Waals surface area (Å²) < 4.78 is 18.9. The average Bonchev–Trinajstić information content (AvgIpc) is 2.46. The first kappa shape index (κ1) is 8.21. The van der Waals surface area contributed by atoms with Crippen molar-refractivity contribution in [3.63, 3.8) is 0 Å². The van der Waals surface area contributed by atoms with Crippen LogP contribution in [0.5, 0.6) is 0 Å². The van der Waals surface area contributed by atoms with Crippen LogP contribution in [0.25, 0.3) is 0 Å². The average molecular weight is 162 g/mol. The van der Waals surface area contributed by atoms with E-state index >= 15 is 0 Å². The van der Waals surface area contributed by atoms with Gasteiger partial charge in [-0.2, -0.15) is 0 Å². The largest absolute Gasteiger partial charge is 0.306 e. The fourth-order valence-electron chi connectivity index (χ4n) is 1.23. The Balaban J connectivity index is 2.07. The van der Waals surface area contributed by atoms with Crippen LogP contribution in [-0.2, 0) is 11.1 Å². The third-order valence-electron chi connectivity index (χ3n) is 1.86. The van der Waals surface area contributed by atoms with Crippen LogP contribution in [-0.4, -0.2) is 14.5 Å². The Bertz CT molecular complexity index is 132. The summed E-state index contributed by atoms with van der Waals surface area (Å²) in [7, 11) is 0. The summed E-state index contributed by atoms with van der Waals surface area (Å²) in [5.41, 5.74) is 0. The Morgan fingerprint density at radius 1 is 1.70 bits per heavy atom. The van der Waals surface area contributed by atoms with Gasteiger partial charge in [0.25, 0.3) is 0 Å². The minimum atomic E-state index is -1.58. The minimum Gasteiger partial charge on any atom is -0.306 e. The predicted molar refractivity (Wildman–Crippen MR) is 42.1 cm³/mol. The van der Waals surface area contributed by atoms with Crippen molar-refractivity contribution >= 4 is 11.1 Å². The Morgan fingerprint density at radius 3 is 2.70 bits per heavy atom. The van der Waals surface area contributed by atoms with Crippen molar-refractivity contribution < 1.29 is 8.76 Å². The first-order valence-electron chi connectivity index (χ1n) is 3.76. The fraction of sp³-hybridized carbons (Fsp3) is 1.00. The maximum Gasteiger partial charge on any atom is 0.153 e. The van der Waals surface area contributed by atoms with Gasteiger partial charge in [0.2, 0.25) is 0 Å². The molecular formula is C7H14O2S. The van der Waals surface area contributed by atoms with Gasteiger partial charge in [0.1, 0.15) is 0 Å². The Hall–Kier alpha value is 0.110. The first-order chi connectivity index (χ1) is 4.68. The maximum absolute atomic E-state index is 10.3. The summed E-state index contributed by atoms with van der Waals surface area (Å²) in [4.78, 5) is 0. The molecule has 2 atom stereocenters. The van der Waals surface area contributed by atoms with Crippen molar-refractivity contribution in [3.05, 3.63) is 0 Å². The number of hydrogen-bond acceptors (Lipinski definition) is 1. The summed E-state index contributed by atoms with van der Waals surface area (Å²) in [5, 5.41) is 0. The summed E-state index contributed by atoms with van der Waals surface area (Å²) >= 11 is -1.58. The molecule has 0 aromatic rings. The molecule has 0 aromatic heterocycles. The molecule has 0 spiro atoms. The third kappa shape index (κ3) is 3.32. The molecule has 10 heavy (non-hydrogen) atoms. The summed E-state index contributed by atoms with van der Waals surface area (Å²) in [6.07, 6.45) is 3.82. The van der Waals surface area contributed by atoms with E-state index in [1.165, 1.54) is 12.8 Å². The Kier molecular flexibility index (Phi) is 2.86.